The monoisotopic (exact) mass is 241 g/mol. The van der Waals surface area contributed by atoms with Crippen LogP contribution in [0.3, 0.4) is 0 Å². The van der Waals surface area contributed by atoms with Gasteiger partial charge in [-0.1, -0.05) is 6.92 Å². The van der Waals surface area contributed by atoms with E-state index in [1.54, 1.807) is 0 Å². The van der Waals surface area contributed by atoms with Crippen LogP contribution in [0.15, 0.2) is 0 Å². The second kappa shape index (κ2) is 8.06. The minimum atomic E-state index is 0.691. The maximum Gasteiger partial charge on any atom is 0.0223 e. The van der Waals surface area contributed by atoms with Gasteiger partial charge >= 0.3 is 0 Å². The smallest absolute Gasteiger partial charge is 0.0223 e. The van der Waals surface area contributed by atoms with Gasteiger partial charge < -0.3 is 10.2 Å². The Morgan fingerprint density at radius 3 is 2.82 bits per heavy atom. The molecule has 1 fully saturated rings. The molecule has 1 heterocycles. The van der Waals surface area contributed by atoms with E-state index in [2.05, 4.69) is 43.1 Å². The quantitative estimate of drug-likeness (QED) is 0.686. The maximum absolute atomic E-state index is 3.50. The third-order valence-electron chi connectivity index (χ3n) is 4.04. The highest BCUT2D eigenvalue weighted by Crippen LogP contribution is 2.16. The maximum atomic E-state index is 3.50. The molecule has 3 heteroatoms. The van der Waals surface area contributed by atoms with Gasteiger partial charge in [0.25, 0.3) is 0 Å². The van der Waals surface area contributed by atoms with Crippen LogP contribution in [0, 0.1) is 0 Å². The lowest BCUT2D eigenvalue weighted by Crippen LogP contribution is -2.48. The number of rotatable bonds is 7. The molecular formula is C14H31N3. The van der Waals surface area contributed by atoms with Crippen LogP contribution < -0.4 is 5.32 Å². The van der Waals surface area contributed by atoms with Crippen LogP contribution in [0.1, 0.15) is 39.5 Å². The molecule has 2 unspecified atom stereocenters. The second-order valence-corrected chi connectivity index (χ2v) is 5.61. The molecule has 0 aromatic carbocycles. The fraction of sp³-hybridized carbons (Fsp3) is 1.00. The zero-order valence-electron chi connectivity index (χ0n) is 12.2. The Hall–Kier alpha value is -0.120. The van der Waals surface area contributed by atoms with E-state index in [9.17, 15) is 0 Å². The minimum Gasteiger partial charge on any atom is -0.317 e. The van der Waals surface area contributed by atoms with Crippen molar-refractivity contribution in [2.75, 3.05) is 40.3 Å². The van der Waals surface area contributed by atoms with E-state index in [1.165, 1.54) is 38.8 Å². The predicted molar refractivity (Wildman–Crippen MR) is 75.5 cm³/mol. The van der Waals surface area contributed by atoms with Gasteiger partial charge in [0.05, 0.1) is 0 Å². The van der Waals surface area contributed by atoms with Gasteiger partial charge in [0.15, 0.2) is 0 Å². The van der Waals surface area contributed by atoms with E-state index < -0.39 is 0 Å². The van der Waals surface area contributed by atoms with Gasteiger partial charge in [0.2, 0.25) is 0 Å². The lowest BCUT2D eigenvalue weighted by atomic mass is 10.0. The van der Waals surface area contributed by atoms with Crippen LogP contribution in [0.25, 0.3) is 0 Å². The minimum absolute atomic E-state index is 0.691. The van der Waals surface area contributed by atoms with Gasteiger partial charge in [-0.3, -0.25) is 4.90 Å². The molecule has 0 radical (unpaired) electrons. The number of nitrogens with zero attached hydrogens (tertiary/aromatic N) is 2. The van der Waals surface area contributed by atoms with Gasteiger partial charge in [-0.2, -0.15) is 0 Å². The molecule has 0 spiro atoms. The summed E-state index contributed by atoms with van der Waals surface area (Å²) in [6, 6.07) is 1.45. The molecule has 0 aromatic rings. The van der Waals surface area contributed by atoms with E-state index in [-0.39, 0.29) is 0 Å². The molecule has 0 aliphatic carbocycles. The number of likely N-dealkylation sites (N-methyl/N-ethyl adjacent to an activating group) is 2. The molecule has 102 valence electrons. The summed E-state index contributed by atoms with van der Waals surface area (Å²) in [4.78, 5) is 5.05. The predicted octanol–water partition coefficient (Wildman–Crippen LogP) is 1.79. The first kappa shape index (κ1) is 14.9. The van der Waals surface area contributed by atoms with Gasteiger partial charge in [-0.15, -0.1) is 0 Å². The van der Waals surface area contributed by atoms with E-state index in [1.807, 2.05) is 0 Å². The summed E-state index contributed by atoms with van der Waals surface area (Å²) in [5.41, 5.74) is 0. The van der Waals surface area contributed by atoms with Crippen molar-refractivity contribution in [3.05, 3.63) is 0 Å². The van der Waals surface area contributed by atoms with Gasteiger partial charge in [-0.05, 0) is 66.3 Å². The lowest BCUT2D eigenvalue weighted by molar-refractivity contribution is 0.101. The Bertz CT molecular complexity index is 196. The molecule has 2 atom stereocenters. The molecule has 0 amide bonds. The van der Waals surface area contributed by atoms with Crippen molar-refractivity contribution in [2.45, 2.75) is 51.6 Å². The number of likely N-dealkylation sites (tertiary alicyclic amines) is 1. The van der Waals surface area contributed by atoms with E-state index in [0.717, 1.165) is 19.1 Å². The third-order valence-corrected chi connectivity index (χ3v) is 4.04. The Labute approximate surface area is 108 Å². The average molecular weight is 241 g/mol. The van der Waals surface area contributed by atoms with Crippen LogP contribution in [-0.2, 0) is 0 Å². The Morgan fingerprint density at radius 2 is 2.18 bits per heavy atom. The third kappa shape index (κ3) is 5.36. The molecule has 3 nitrogen and oxygen atoms in total. The van der Waals surface area contributed by atoms with Crippen LogP contribution >= 0.6 is 0 Å². The SMILES string of the molecule is CCCNCCC(C)N(C)C1CCCN(C)C1. The first-order chi connectivity index (χ1) is 8.15. The van der Waals surface area contributed by atoms with Gasteiger partial charge in [0, 0.05) is 18.6 Å². The molecular weight excluding hydrogens is 210 g/mol. The molecule has 1 aliphatic heterocycles. The molecule has 1 aliphatic rings. The van der Waals surface area contributed by atoms with Crippen molar-refractivity contribution in [1.82, 2.24) is 15.1 Å². The summed E-state index contributed by atoms with van der Waals surface area (Å²) >= 11 is 0. The zero-order chi connectivity index (χ0) is 12.7. The van der Waals surface area contributed by atoms with Gasteiger partial charge in [0.1, 0.15) is 0 Å². The van der Waals surface area contributed by atoms with Crippen molar-refractivity contribution in [2.24, 2.45) is 0 Å². The summed E-state index contributed by atoms with van der Waals surface area (Å²) in [5.74, 6) is 0. The van der Waals surface area contributed by atoms with Crippen molar-refractivity contribution in [1.29, 1.82) is 0 Å². The highest BCUT2D eigenvalue weighted by atomic mass is 15.2. The fourth-order valence-electron chi connectivity index (χ4n) is 2.65. The molecule has 0 aromatic heterocycles. The van der Waals surface area contributed by atoms with Crippen LogP contribution in [0.5, 0.6) is 0 Å². The summed E-state index contributed by atoms with van der Waals surface area (Å²) in [6.45, 7) is 9.41. The van der Waals surface area contributed by atoms with Crippen molar-refractivity contribution in [3.8, 4) is 0 Å². The van der Waals surface area contributed by atoms with E-state index >= 15 is 0 Å². The Morgan fingerprint density at radius 1 is 1.41 bits per heavy atom. The first-order valence-corrected chi connectivity index (χ1v) is 7.26. The summed E-state index contributed by atoms with van der Waals surface area (Å²) in [6.07, 6.45) is 5.22. The Kier molecular flexibility index (Phi) is 7.09. The molecule has 1 rings (SSSR count). The largest absolute Gasteiger partial charge is 0.317 e. The first-order valence-electron chi connectivity index (χ1n) is 7.26. The zero-order valence-corrected chi connectivity index (χ0v) is 12.2. The summed E-state index contributed by atoms with van der Waals surface area (Å²) in [5, 5.41) is 3.50. The van der Waals surface area contributed by atoms with Crippen LogP contribution in [0.2, 0.25) is 0 Å². The molecule has 1 N–H and O–H groups in total. The highest BCUT2D eigenvalue weighted by molar-refractivity contribution is 4.80. The van der Waals surface area contributed by atoms with Crippen LogP contribution in [-0.4, -0.2) is 62.2 Å². The number of hydrogen-bond donors (Lipinski definition) is 1. The number of piperidine rings is 1. The van der Waals surface area contributed by atoms with Crippen molar-refractivity contribution >= 4 is 0 Å². The molecule has 0 bridgehead atoms. The average Bonchev–Trinajstić information content (AvgIpc) is 2.33. The summed E-state index contributed by atoms with van der Waals surface area (Å²) < 4.78 is 0. The van der Waals surface area contributed by atoms with E-state index in [0.29, 0.717) is 6.04 Å². The molecule has 0 saturated carbocycles. The number of nitrogens with one attached hydrogen (secondary N) is 1. The van der Waals surface area contributed by atoms with Crippen molar-refractivity contribution in [3.63, 3.8) is 0 Å². The lowest BCUT2D eigenvalue weighted by Gasteiger charge is -2.39. The normalized spacial score (nSPS) is 24.2. The Balaban J connectivity index is 2.22. The van der Waals surface area contributed by atoms with E-state index in [4.69, 9.17) is 0 Å². The fourth-order valence-corrected chi connectivity index (χ4v) is 2.65. The van der Waals surface area contributed by atoms with Gasteiger partial charge in [-0.25, -0.2) is 0 Å². The second-order valence-electron chi connectivity index (χ2n) is 5.61. The molecule has 17 heavy (non-hydrogen) atoms. The molecule has 1 saturated heterocycles. The summed E-state index contributed by atoms with van der Waals surface area (Å²) in [7, 11) is 4.54. The standard InChI is InChI=1S/C14H31N3/c1-5-9-15-10-8-13(2)17(4)14-7-6-11-16(3)12-14/h13-15H,5-12H2,1-4H3. The highest BCUT2D eigenvalue weighted by Gasteiger charge is 2.23. The topological polar surface area (TPSA) is 18.5 Å². The van der Waals surface area contributed by atoms with Crippen molar-refractivity contribution < 1.29 is 0 Å². The van der Waals surface area contributed by atoms with Crippen LogP contribution in [0.4, 0.5) is 0 Å². The number of hydrogen-bond acceptors (Lipinski definition) is 3.